The molecule has 0 aliphatic carbocycles. The predicted octanol–water partition coefficient (Wildman–Crippen LogP) is 4.37. The van der Waals surface area contributed by atoms with Crippen LogP contribution in [0.3, 0.4) is 0 Å². The number of aliphatic hydroxyl groups excluding tert-OH is 2. The van der Waals surface area contributed by atoms with Gasteiger partial charge in [-0.15, -0.1) is 0 Å². The first-order chi connectivity index (χ1) is 25.5. The molecule has 2 aromatic heterocycles. The molecule has 4 amide bonds. The Balaban J connectivity index is 1.44. The summed E-state index contributed by atoms with van der Waals surface area (Å²) in [6.07, 6.45) is 3.52. The van der Waals surface area contributed by atoms with Gasteiger partial charge < -0.3 is 0 Å². The minimum atomic E-state index is -1.10. The van der Waals surface area contributed by atoms with Gasteiger partial charge in [0.1, 0.15) is 0 Å². The van der Waals surface area contributed by atoms with Gasteiger partial charge in [0, 0.05) is 0 Å². The van der Waals surface area contributed by atoms with Gasteiger partial charge >= 0.3 is 342 Å². The van der Waals surface area contributed by atoms with E-state index in [0.29, 0.717) is 37.3 Å². The van der Waals surface area contributed by atoms with Crippen molar-refractivity contribution in [2.24, 2.45) is 0 Å². The van der Waals surface area contributed by atoms with E-state index in [-0.39, 0.29) is 11.8 Å². The normalized spacial score (nSPS) is 15.4. The first-order valence-corrected chi connectivity index (χ1v) is 22.3. The quantitative estimate of drug-likeness (QED) is 0.156. The van der Waals surface area contributed by atoms with Crippen molar-refractivity contribution in [1.82, 2.24) is 20.4 Å². The zero-order valence-corrected chi connectivity index (χ0v) is 35.8. The van der Waals surface area contributed by atoms with E-state index in [9.17, 15) is 29.4 Å². The Hall–Kier alpha value is -2.88. The predicted molar refractivity (Wildman–Crippen MR) is 218 cm³/mol. The number of likely N-dealkylation sites (tertiary alicyclic amines) is 2. The van der Waals surface area contributed by atoms with Gasteiger partial charge in [-0.25, -0.2) is 0 Å². The van der Waals surface area contributed by atoms with Crippen molar-refractivity contribution >= 4 is 101 Å². The number of carbonyl (C=O) groups is 4. The number of carbonyl (C=O) groups excluding carboxylic acids is 4. The molecular formula is C38H40Br2N4O6S2Se. The molecule has 4 heterocycles. The number of thiophene rings is 2. The van der Waals surface area contributed by atoms with Crippen molar-refractivity contribution in [2.45, 2.75) is 51.6 Å². The Bertz CT molecular complexity index is 1880. The Morgan fingerprint density at radius 2 is 1.08 bits per heavy atom. The maximum absolute atomic E-state index is 14.4. The van der Waals surface area contributed by atoms with Crippen molar-refractivity contribution in [3.63, 3.8) is 0 Å². The molecule has 0 bridgehead atoms. The summed E-state index contributed by atoms with van der Waals surface area (Å²) in [6.45, 7) is 5.17. The van der Waals surface area contributed by atoms with Crippen LogP contribution in [0.1, 0.15) is 56.2 Å². The fourth-order valence-corrected chi connectivity index (χ4v) is 14.3. The van der Waals surface area contributed by atoms with E-state index < -0.39 is 52.1 Å². The van der Waals surface area contributed by atoms with Crippen LogP contribution < -0.4 is 18.2 Å². The number of benzene rings is 2. The molecule has 53 heavy (non-hydrogen) atoms. The second kappa shape index (κ2) is 17.7. The molecule has 2 saturated heterocycles. The molecule has 2 aliphatic rings. The van der Waals surface area contributed by atoms with E-state index in [1.165, 1.54) is 22.7 Å². The molecule has 0 spiro atoms. The first-order valence-electron chi connectivity index (χ1n) is 17.4. The van der Waals surface area contributed by atoms with Gasteiger partial charge in [0.05, 0.1) is 0 Å². The molecule has 2 fully saturated rings. The number of aryl methyl sites for hydroxylation is 2. The van der Waals surface area contributed by atoms with Crippen LogP contribution in [0, 0.1) is 13.8 Å². The van der Waals surface area contributed by atoms with Crippen molar-refractivity contribution in [3.05, 3.63) is 78.4 Å². The van der Waals surface area contributed by atoms with E-state index >= 15 is 0 Å². The summed E-state index contributed by atoms with van der Waals surface area (Å²) in [5, 5.41) is 26.3. The van der Waals surface area contributed by atoms with Gasteiger partial charge in [-0.05, 0) is 0 Å². The van der Waals surface area contributed by atoms with E-state index in [4.69, 9.17) is 0 Å². The fraction of sp³-hybridized carbons (Fsp3) is 0.368. The number of rotatable bonds is 12. The summed E-state index contributed by atoms with van der Waals surface area (Å²) in [6, 6.07) is 13.1. The van der Waals surface area contributed by atoms with Gasteiger partial charge in [-0.3, -0.25) is 0 Å². The van der Waals surface area contributed by atoms with Crippen LogP contribution in [0.15, 0.2) is 57.5 Å². The van der Waals surface area contributed by atoms with Crippen LogP contribution in [0.5, 0.6) is 0 Å². The zero-order chi connectivity index (χ0) is 37.8. The van der Waals surface area contributed by atoms with E-state index in [0.717, 1.165) is 74.2 Å². The first kappa shape index (κ1) is 39.8. The zero-order valence-electron chi connectivity index (χ0n) is 29.2. The average Bonchev–Trinajstić information content (AvgIpc) is 3.96. The van der Waals surface area contributed by atoms with Crippen LogP contribution in [0.25, 0.3) is 22.3 Å². The summed E-state index contributed by atoms with van der Waals surface area (Å²) in [4.78, 5) is 60.7. The van der Waals surface area contributed by atoms with Crippen molar-refractivity contribution in [2.75, 3.05) is 39.4 Å². The molecule has 10 nitrogen and oxygen atoms in total. The molecule has 2 aliphatic heterocycles. The topological polar surface area (TPSA) is 139 Å². The third kappa shape index (κ3) is 8.83. The summed E-state index contributed by atoms with van der Waals surface area (Å²) in [5.74, 6) is -1.57. The minimum absolute atomic E-state index is 0.310. The number of nitrogens with one attached hydrogen (secondary N) is 2. The second-order valence-corrected chi connectivity index (χ2v) is 20.6. The van der Waals surface area contributed by atoms with Gasteiger partial charge in [-0.2, -0.15) is 0 Å². The van der Waals surface area contributed by atoms with E-state index in [1.807, 2.05) is 62.4 Å². The van der Waals surface area contributed by atoms with Crippen LogP contribution >= 0.6 is 54.5 Å². The molecule has 2 unspecified atom stereocenters. The maximum atomic E-state index is 14.4. The number of hydrogen-bond acceptors (Lipinski definition) is 8. The standard InChI is InChI=1S/C38H40Br2N4O6S2Se/c1-21-29(23-9-7-11-25(39)17-23)31(33(47)41-27(19-45)35(49)43-13-3-4-14-43)37(51-21)53-38-32(30(22(2)52-38)24-10-8-12-26(40)18-24)34(48)42-28(20-46)36(50)44-15-5-6-16-44/h7-12,17-18,27-28,45-46H,3-6,13-16,19-20H2,1-2H3,(H,41,47)(H,42,48). The summed E-state index contributed by atoms with van der Waals surface area (Å²) >= 11 is 9.47. The molecule has 6 rings (SSSR count). The summed E-state index contributed by atoms with van der Waals surface area (Å²) in [5.41, 5.74) is 3.87. The molecule has 280 valence electrons. The number of amides is 4. The Morgan fingerprint density at radius 1 is 0.698 bits per heavy atom. The van der Waals surface area contributed by atoms with Crippen molar-refractivity contribution < 1.29 is 29.4 Å². The van der Waals surface area contributed by atoms with E-state index in [2.05, 4.69) is 42.5 Å². The van der Waals surface area contributed by atoms with Crippen LogP contribution in [0.2, 0.25) is 0 Å². The molecular weight excluding hydrogens is 911 g/mol. The number of aliphatic hydroxyl groups is 2. The molecule has 2 atom stereocenters. The molecule has 4 aromatic rings. The van der Waals surface area contributed by atoms with E-state index in [1.54, 1.807) is 9.80 Å². The van der Waals surface area contributed by atoms with Gasteiger partial charge in [0.15, 0.2) is 0 Å². The average molecular weight is 952 g/mol. The molecule has 0 radical (unpaired) electrons. The van der Waals surface area contributed by atoms with Crippen LogP contribution in [0.4, 0.5) is 0 Å². The third-order valence-corrected chi connectivity index (χ3v) is 15.7. The summed E-state index contributed by atoms with van der Waals surface area (Å²) in [7, 11) is 0. The van der Waals surface area contributed by atoms with Crippen LogP contribution in [-0.2, 0) is 9.59 Å². The molecule has 4 N–H and O–H groups in total. The third-order valence-electron chi connectivity index (χ3n) is 9.38. The molecule has 2 aromatic carbocycles. The van der Waals surface area contributed by atoms with Crippen molar-refractivity contribution in [3.8, 4) is 22.3 Å². The van der Waals surface area contributed by atoms with Gasteiger partial charge in [0.25, 0.3) is 0 Å². The van der Waals surface area contributed by atoms with Gasteiger partial charge in [-0.1, -0.05) is 0 Å². The number of halogens is 2. The fourth-order valence-electron chi connectivity index (χ4n) is 6.81. The number of nitrogens with zero attached hydrogens (tertiary/aromatic N) is 2. The second-order valence-electron chi connectivity index (χ2n) is 13.0. The molecule has 15 heteroatoms. The summed E-state index contributed by atoms with van der Waals surface area (Å²) < 4.78 is 3.17. The number of hydrogen-bond donors (Lipinski definition) is 4. The monoisotopic (exact) mass is 950 g/mol. The van der Waals surface area contributed by atoms with Crippen molar-refractivity contribution in [1.29, 1.82) is 0 Å². The Morgan fingerprint density at radius 3 is 1.42 bits per heavy atom. The van der Waals surface area contributed by atoms with Gasteiger partial charge in [0.2, 0.25) is 0 Å². The molecule has 0 saturated carbocycles. The van der Waals surface area contributed by atoms with Crippen LogP contribution in [-0.4, -0.2) is 110 Å². The Labute approximate surface area is 339 Å². The Kier molecular flexibility index (Phi) is 13.3. The SMILES string of the molecule is Cc1sc([Se]c2sc(C)c(-c3cccc(Br)c3)c2C(=O)NC(CO)C(=O)N2CCCC2)c(C(=O)NC(CO)C(=O)N2CCCC2)c1-c1cccc(Br)c1.